The highest BCUT2D eigenvalue weighted by Gasteiger charge is 2.20. The third-order valence-corrected chi connectivity index (χ3v) is 3.37. The number of benzene rings is 1. The van der Waals surface area contributed by atoms with E-state index in [2.05, 4.69) is 51.1 Å². The van der Waals surface area contributed by atoms with Crippen LogP contribution < -0.4 is 0 Å². The molecule has 0 saturated heterocycles. The lowest BCUT2D eigenvalue weighted by atomic mass is 10.2. The Balaban J connectivity index is 0. The molecule has 0 amide bonds. The Kier molecular flexibility index (Phi) is 10.6. The molecule has 0 N–H and O–H groups in total. The fourth-order valence-electron chi connectivity index (χ4n) is 1.98. The van der Waals surface area contributed by atoms with E-state index in [1.165, 1.54) is 36.2 Å². The molecule has 0 aromatic heterocycles. The predicted molar refractivity (Wildman–Crippen MR) is 83.5 cm³/mol. The summed E-state index contributed by atoms with van der Waals surface area (Å²) in [7, 11) is 0. The molecule has 0 bridgehead atoms. The van der Waals surface area contributed by atoms with Crippen LogP contribution in [-0.4, -0.2) is 24.1 Å². The molecule has 0 spiro atoms. The molecule has 0 saturated carbocycles. The van der Waals surface area contributed by atoms with Crippen molar-refractivity contribution >= 4 is 26.9 Å². The monoisotopic (exact) mass is 306 g/mol. The highest BCUT2D eigenvalue weighted by Crippen LogP contribution is 2.13. The van der Waals surface area contributed by atoms with Gasteiger partial charge in [0, 0.05) is 5.56 Å². The van der Waals surface area contributed by atoms with Gasteiger partial charge in [0.2, 0.25) is 0 Å². The first-order valence-electron chi connectivity index (χ1n) is 5.65. The Morgan fingerprint density at radius 3 is 1.69 bits per heavy atom. The van der Waals surface area contributed by atoms with E-state index >= 15 is 0 Å². The normalized spacial score (nSPS) is 10.2. The van der Waals surface area contributed by atoms with Crippen LogP contribution in [0.1, 0.15) is 26.3 Å². The van der Waals surface area contributed by atoms with Gasteiger partial charge in [0.1, 0.15) is 6.54 Å². The van der Waals surface area contributed by atoms with Gasteiger partial charge in [0.05, 0.1) is 19.6 Å². The first kappa shape index (κ1) is 18.5. The summed E-state index contributed by atoms with van der Waals surface area (Å²) in [6, 6.07) is 10.8. The maximum absolute atomic E-state index is 2.29. The van der Waals surface area contributed by atoms with Crippen LogP contribution in [0.5, 0.6) is 0 Å². The summed E-state index contributed by atoms with van der Waals surface area (Å²) < 4.78 is 1.20. The first-order chi connectivity index (χ1) is 6.76. The SMILES string of the molecule is Br.CC[N+](CC)(CC)Cc1ccccc1.P. The van der Waals surface area contributed by atoms with Crippen molar-refractivity contribution < 1.29 is 4.48 Å². The zero-order valence-corrected chi connectivity index (χ0v) is 13.9. The largest absolute Gasteiger partial charge is 0.321 e. The zero-order chi connectivity index (χ0) is 10.4. The van der Waals surface area contributed by atoms with Crippen LogP contribution in [-0.2, 0) is 6.54 Å². The fraction of sp³-hybridized carbons (Fsp3) is 0.538. The second-order valence-electron chi connectivity index (χ2n) is 3.93. The number of rotatable bonds is 5. The van der Waals surface area contributed by atoms with E-state index in [1.54, 1.807) is 0 Å². The molecule has 1 aromatic rings. The summed E-state index contributed by atoms with van der Waals surface area (Å²) in [6.45, 7) is 11.7. The highest BCUT2D eigenvalue weighted by atomic mass is 79.9. The third kappa shape index (κ3) is 4.95. The number of quaternary nitrogens is 1. The van der Waals surface area contributed by atoms with Gasteiger partial charge in [-0.3, -0.25) is 0 Å². The van der Waals surface area contributed by atoms with Crippen LogP contribution in [0, 0.1) is 0 Å². The van der Waals surface area contributed by atoms with Crippen molar-refractivity contribution in [2.45, 2.75) is 27.3 Å². The summed E-state index contributed by atoms with van der Waals surface area (Å²) in [5, 5.41) is 0. The molecule has 0 aliphatic carbocycles. The minimum Gasteiger partial charge on any atom is -0.321 e. The van der Waals surface area contributed by atoms with Gasteiger partial charge in [-0.15, -0.1) is 17.0 Å². The molecule has 1 aromatic carbocycles. The van der Waals surface area contributed by atoms with Gasteiger partial charge < -0.3 is 4.48 Å². The van der Waals surface area contributed by atoms with Gasteiger partial charge in [-0.2, -0.15) is 9.90 Å². The Bertz CT molecular complexity index is 252. The molecule has 1 nitrogen and oxygen atoms in total. The summed E-state index contributed by atoms with van der Waals surface area (Å²) in [5.74, 6) is 0. The molecular weight excluding hydrogens is 281 g/mol. The molecular formula is C13H26BrNP+. The van der Waals surface area contributed by atoms with E-state index < -0.39 is 0 Å². The van der Waals surface area contributed by atoms with E-state index in [0.29, 0.717) is 0 Å². The maximum Gasteiger partial charge on any atom is 0.104 e. The average molecular weight is 307 g/mol. The standard InChI is InChI=1S/C13H22N.BrH.H3P/c1-4-14(5-2,6-3)12-13-10-8-7-9-11-13;;/h7-11H,4-6,12H2,1-3H3;1H;1H3/q+1;;. The Labute approximate surface area is 114 Å². The predicted octanol–water partition coefficient (Wildman–Crippen LogP) is 3.70. The summed E-state index contributed by atoms with van der Waals surface area (Å²) in [4.78, 5) is 0. The highest BCUT2D eigenvalue weighted by molar-refractivity contribution is 8.93. The van der Waals surface area contributed by atoms with E-state index in [-0.39, 0.29) is 26.9 Å². The van der Waals surface area contributed by atoms with Crippen molar-refractivity contribution in [3.63, 3.8) is 0 Å². The van der Waals surface area contributed by atoms with Gasteiger partial charge >= 0.3 is 0 Å². The van der Waals surface area contributed by atoms with Crippen LogP contribution in [0.25, 0.3) is 0 Å². The molecule has 1 atom stereocenters. The van der Waals surface area contributed by atoms with Crippen molar-refractivity contribution in [2.75, 3.05) is 19.6 Å². The molecule has 0 heterocycles. The zero-order valence-electron chi connectivity index (χ0n) is 10.8. The van der Waals surface area contributed by atoms with Crippen molar-refractivity contribution in [1.82, 2.24) is 0 Å². The molecule has 0 fully saturated rings. The van der Waals surface area contributed by atoms with Crippen molar-refractivity contribution in [1.29, 1.82) is 0 Å². The van der Waals surface area contributed by atoms with Crippen LogP contribution in [0.3, 0.4) is 0 Å². The first-order valence-corrected chi connectivity index (χ1v) is 5.65. The minimum absolute atomic E-state index is 0. The van der Waals surface area contributed by atoms with Gasteiger partial charge in [-0.05, 0) is 20.8 Å². The third-order valence-electron chi connectivity index (χ3n) is 3.37. The molecule has 0 aliphatic heterocycles. The number of hydrogen-bond acceptors (Lipinski definition) is 0. The van der Waals surface area contributed by atoms with E-state index in [4.69, 9.17) is 0 Å². The maximum atomic E-state index is 2.29. The van der Waals surface area contributed by atoms with E-state index in [9.17, 15) is 0 Å². The lowest BCUT2D eigenvalue weighted by Gasteiger charge is -2.35. The van der Waals surface area contributed by atoms with Crippen molar-refractivity contribution in [3.8, 4) is 0 Å². The number of nitrogens with zero attached hydrogens (tertiary/aromatic N) is 1. The van der Waals surface area contributed by atoms with Gasteiger partial charge in [0.25, 0.3) is 0 Å². The van der Waals surface area contributed by atoms with Crippen molar-refractivity contribution in [3.05, 3.63) is 35.9 Å². The fourth-order valence-corrected chi connectivity index (χ4v) is 1.98. The van der Waals surface area contributed by atoms with E-state index in [1.807, 2.05) is 0 Å². The molecule has 1 unspecified atom stereocenters. The summed E-state index contributed by atoms with van der Waals surface area (Å²) in [5.41, 5.74) is 1.46. The number of halogens is 1. The summed E-state index contributed by atoms with van der Waals surface area (Å²) in [6.07, 6.45) is 0. The molecule has 1 rings (SSSR count). The van der Waals surface area contributed by atoms with Crippen LogP contribution in [0.2, 0.25) is 0 Å². The molecule has 94 valence electrons. The summed E-state index contributed by atoms with van der Waals surface area (Å²) >= 11 is 0. The van der Waals surface area contributed by atoms with Crippen LogP contribution in [0.15, 0.2) is 30.3 Å². The number of hydrogen-bond donors (Lipinski definition) is 0. The topological polar surface area (TPSA) is 0 Å². The lowest BCUT2D eigenvalue weighted by Crippen LogP contribution is -2.46. The van der Waals surface area contributed by atoms with Crippen LogP contribution in [0.4, 0.5) is 0 Å². The second-order valence-corrected chi connectivity index (χ2v) is 3.93. The Morgan fingerprint density at radius 1 is 0.875 bits per heavy atom. The minimum atomic E-state index is 0. The van der Waals surface area contributed by atoms with Gasteiger partial charge in [-0.1, -0.05) is 30.3 Å². The van der Waals surface area contributed by atoms with Crippen molar-refractivity contribution in [2.24, 2.45) is 0 Å². The van der Waals surface area contributed by atoms with Gasteiger partial charge in [0.15, 0.2) is 0 Å². The molecule has 3 heteroatoms. The second kappa shape index (κ2) is 9.15. The molecule has 0 radical (unpaired) electrons. The smallest absolute Gasteiger partial charge is 0.104 e. The Hall–Kier alpha value is 0.0900. The van der Waals surface area contributed by atoms with Crippen LogP contribution >= 0.6 is 26.9 Å². The van der Waals surface area contributed by atoms with Gasteiger partial charge in [-0.25, -0.2) is 0 Å². The average Bonchev–Trinajstić information content (AvgIpc) is 2.28. The molecule has 0 aliphatic rings. The lowest BCUT2D eigenvalue weighted by molar-refractivity contribution is -0.936. The quantitative estimate of drug-likeness (QED) is 0.575. The Morgan fingerprint density at radius 2 is 1.31 bits per heavy atom. The molecule has 16 heavy (non-hydrogen) atoms. The van der Waals surface area contributed by atoms with E-state index in [0.717, 1.165) is 0 Å².